The summed E-state index contributed by atoms with van der Waals surface area (Å²) >= 11 is 0. The lowest BCUT2D eigenvalue weighted by molar-refractivity contribution is -0.146. The zero-order valence-electron chi connectivity index (χ0n) is 18.4. The lowest BCUT2D eigenvalue weighted by atomic mass is 10.4. The largest absolute Gasteiger partial charge is 0.503 e. The molecule has 0 aromatic carbocycles. The fourth-order valence-corrected chi connectivity index (χ4v) is 11.6. The molecule has 0 bridgehead atoms. The summed E-state index contributed by atoms with van der Waals surface area (Å²) in [5.74, 6) is -0.954. The van der Waals surface area contributed by atoms with Crippen molar-refractivity contribution in [2.75, 3.05) is 46.2 Å². The number of rotatable bonds is 18. The molecule has 0 heterocycles. The minimum absolute atomic E-state index is 0.0186. The Bertz CT molecular complexity index is 405. The van der Waals surface area contributed by atoms with Crippen LogP contribution in [0.5, 0.6) is 0 Å². The topological polar surface area (TPSA) is 104 Å². The molecule has 10 heteroatoms. The summed E-state index contributed by atoms with van der Waals surface area (Å²) in [5.41, 5.74) is -0.846. The van der Waals surface area contributed by atoms with Crippen LogP contribution in [-0.2, 0) is 27.5 Å². The molecule has 0 aliphatic heterocycles. The fraction of sp³-hybridized carbons (Fsp3) is 0.944. The van der Waals surface area contributed by atoms with E-state index in [-0.39, 0.29) is 32.0 Å². The first kappa shape index (κ1) is 27.7. The summed E-state index contributed by atoms with van der Waals surface area (Å²) in [7, 11) is -5.31. The van der Waals surface area contributed by atoms with Crippen LogP contribution in [-0.4, -0.2) is 85.0 Å². The molecule has 0 saturated heterocycles. The number of aliphatic hydroxyl groups excluding tert-OH is 1. The first-order valence-corrected chi connectivity index (χ1v) is 15.3. The van der Waals surface area contributed by atoms with Crippen LogP contribution in [0.25, 0.3) is 0 Å². The minimum Gasteiger partial charge on any atom is -0.480 e. The van der Waals surface area contributed by atoms with E-state index < -0.39 is 28.6 Å². The van der Waals surface area contributed by atoms with Gasteiger partial charge in [-0.2, -0.15) is 0 Å². The molecule has 8 nitrogen and oxygen atoms in total. The monoisotopic (exact) mass is 440 g/mol. The van der Waals surface area contributed by atoms with E-state index in [0.29, 0.717) is 25.9 Å². The van der Waals surface area contributed by atoms with E-state index in [2.05, 4.69) is 6.92 Å². The van der Waals surface area contributed by atoms with Gasteiger partial charge in [0.1, 0.15) is 5.73 Å². The van der Waals surface area contributed by atoms with Gasteiger partial charge in [-0.1, -0.05) is 20.0 Å². The number of hydrogen-bond donors (Lipinski definition) is 2. The molecule has 168 valence electrons. The summed E-state index contributed by atoms with van der Waals surface area (Å²) < 4.78 is 29.1. The second-order valence-corrected chi connectivity index (χ2v) is 14.9. The quantitative estimate of drug-likeness (QED) is 0.247. The van der Waals surface area contributed by atoms with Crippen molar-refractivity contribution in [1.29, 1.82) is 0 Å². The Kier molecular flexibility index (Phi) is 14.4. The van der Waals surface area contributed by atoms with Crippen molar-refractivity contribution in [1.82, 2.24) is 0 Å². The fourth-order valence-electron chi connectivity index (χ4n) is 3.37. The maximum Gasteiger partial charge on any atom is 0.503 e. The van der Waals surface area contributed by atoms with Crippen LogP contribution in [0, 0.1) is 0 Å². The van der Waals surface area contributed by atoms with Crippen LogP contribution < -0.4 is 0 Å². The molecule has 28 heavy (non-hydrogen) atoms. The van der Waals surface area contributed by atoms with Gasteiger partial charge in [0.15, 0.2) is 0 Å². The average molecular weight is 441 g/mol. The van der Waals surface area contributed by atoms with Crippen LogP contribution in [0.1, 0.15) is 34.1 Å². The van der Waals surface area contributed by atoms with Gasteiger partial charge in [0.05, 0.1) is 34.5 Å². The Labute approximate surface area is 171 Å². The van der Waals surface area contributed by atoms with Gasteiger partial charge in [0.25, 0.3) is 0 Å². The predicted octanol–water partition coefficient (Wildman–Crippen LogP) is 2.54. The summed E-state index contributed by atoms with van der Waals surface area (Å²) in [6.07, 6.45) is 0.786. The van der Waals surface area contributed by atoms with E-state index in [4.69, 9.17) is 27.9 Å². The van der Waals surface area contributed by atoms with Crippen LogP contribution in [0.15, 0.2) is 0 Å². The van der Waals surface area contributed by atoms with Gasteiger partial charge >= 0.3 is 14.8 Å². The second-order valence-electron chi connectivity index (χ2n) is 7.13. The van der Waals surface area contributed by atoms with Crippen molar-refractivity contribution in [3.63, 3.8) is 0 Å². The molecule has 0 aromatic rings. The summed E-state index contributed by atoms with van der Waals surface area (Å²) in [4.78, 5) is 11.9. The van der Waals surface area contributed by atoms with Crippen LogP contribution in [0.3, 0.4) is 0 Å². The highest BCUT2D eigenvalue weighted by atomic mass is 28.4. The number of ether oxygens (including phenoxy) is 2. The Morgan fingerprint density at radius 1 is 0.929 bits per heavy atom. The van der Waals surface area contributed by atoms with Gasteiger partial charge in [0, 0.05) is 25.4 Å². The molecule has 0 saturated carbocycles. The van der Waals surface area contributed by atoms with Crippen LogP contribution in [0.4, 0.5) is 0 Å². The SMILES string of the molecule is CCO[Si](OCC)(OCC)C(CC)C[Si](C)(C)C(OCCOCCO)C(=O)O. The minimum atomic E-state index is -2.93. The average Bonchev–Trinajstić information content (AvgIpc) is 2.62. The molecule has 2 atom stereocenters. The van der Waals surface area contributed by atoms with Crippen molar-refractivity contribution in [2.45, 2.75) is 64.5 Å². The molecular formula is C18H40O8Si2. The third-order valence-electron chi connectivity index (χ3n) is 4.48. The van der Waals surface area contributed by atoms with E-state index in [1.54, 1.807) is 0 Å². The molecule has 2 unspecified atom stereocenters. The van der Waals surface area contributed by atoms with E-state index in [9.17, 15) is 9.90 Å². The Hall–Kier alpha value is -0.336. The van der Waals surface area contributed by atoms with E-state index >= 15 is 0 Å². The zero-order chi connectivity index (χ0) is 21.6. The van der Waals surface area contributed by atoms with Crippen LogP contribution >= 0.6 is 0 Å². The number of carbonyl (C=O) groups is 1. The third-order valence-corrected chi connectivity index (χ3v) is 12.0. The molecule has 0 spiro atoms. The Morgan fingerprint density at radius 2 is 1.46 bits per heavy atom. The van der Waals surface area contributed by atoms with Gasteiger partial charge in [-0.05, 0) is 33.2 Å². The van der Waals surface area contributed by atoms with E-state index in [1.807, 2.05) is 33.9 Å². The van der Waals surface area contributed by atoms with Crippen molar-refractivity contribution in [3.8, 4) is 0 Å². The maximum absolute atomic E-state index is 11.9. The number of aliphatic hydroxyl groups is 1. The normalized spacial score (nSPS) is 14.8. The molecule has 0 fully saturated rings. The molecule has 0 amide bonds. The number of carboxylic acids is 1. The number of carboxylic acid groups (broad SMARTS) is 1. The zero-order valence-corrected chi connectivity index (χ0v) is 20.4. The molecule has 2 N–H and O–H groups in total. The van der Waals surface area contributed by atoms with Crippen molar-refractivity contribution in [2.24, 2.45) is 0 Å². The Morgan fingerprint density at radius 3 is 1.86 bits per heavy atom. The molecule has 0 aromatic heterocycles. The first-order valence-electron chi connectivity index (χ1n) is 10.2. The highest BCUT2D eigenvalue weighted by Gasteiger charge is 2.52. The first-order chi connectivity index (χ1) is 13.2. The third kappa shape index (κ3) is 8.99. The highest BCUT2D eigenvalue weighted by Crippen LogP contribution is 2.38. The van der Waals surface area contributed by atoms with Gasteiger partial charge < -0.3 is 33.0 Å². The molecule has 0 aliphatic carbocycles. The summed E-state index contributed by atoms with van der Waals surface area (Å²) in [6.45, 7) is 13.9. The van der Waals surface area contributed by atoms with Gasteiger partial charge in [-0.15, -0.1) is 0 Å². The number of aliphatic carboxylic acids is 1. The second kappa shape index (κ2) is 14.6. The lowest BCUT2D eigenvalue weighted by Gasteiger charge is -2.39. The summed E-state index contributed by atoms with van der Waals surface area (Å²) in [5, 5.41) is 18.5. The van der Waals surface area contributed by atoms with Crippen molar-refractivity contribution >= 4 is 22.8 Å². The van der Waals surface area contributed by atoms with Crippen molar-refractivity contribution in [3.05, 3.63) is 0 Å². The standard InChI is InChI=1S/C18H40O8Si2/c1-7-16(28(24-8-2,25-9-3)26-10-4)15-27(5,6)18(17(20)21)23-14-13-22-12-11-19/h16,18-19H,7-15H2,1-6H3,(H,20,21). The maximum atomic E-state index is 11.9. The molecule has 0 rings (SSSR count). The highest BCUT2D eigenvalue weighted by molar-refractivity contribution is 6.82. The Balaban J connectivity index is 5.36. The lowest BCUT2D eigenvalue weighted by Crippen LogP contribution is -2.56. The van der Waals surface area contributed by atoms with Gasteiger partial charge in [-0.25, -0.2) is 4.79 Å². The van der Waals surface area contributed by atoms with E-state index in [0.717, 1.165) is 6.42 Å². The molecule has 0 radical (unpaired) electrons. The van der Waals surface area contributed by atoms with Gasteiger partial charge in [0.2, 0.25) is 0 Å². The summed E-state index contributed by atoms with van der Waals surface area (Å²) in [6, 6.07) is 0.671. The van der Waals surface area contributed by atoms with Gasteiger partial charge in [-0.3, -0.25) is 0 Å². The smallest absolute Gasteiger partial charge is 0.480 e. The van der Waals surface area contributed by atoms with Crippen LogP contribution in [0.2, 0.25) is 24.7 Å². The molecular weight excluding hydrogens is 400 g/mol. The van der Waals surface area contributed by atoms with Crippen molar-refractivity contribution < 1.29 is 37.8 Å². The molecule has 0 aliphatic rings. The van der Waals surface area contributed by atoms with E-state index in [1.165, 1.54) is 0 Å². The predicted molar refractivity (Wildman–Crippen MR) is 112 cm³/mol. The number of hydrogen-bond acceptors (Lipinski definition) is 7.